The summed E-state index contributed by atoms with van der Waals surface area (Å²) in [4.78, 5) is 21.1. The Hall–Kier alpha value is -0.710. The summed E-state index contributed by atoms with van der Waals surface area (Å²) in [5.74, 6) is 0.348. The maximum atomic E-state index is 10.9. The van der Waals surface area contributed by atoms with E-state index in [2.05, 4.69) is 5.32 Å². The van der Waals surface area contributed by atoms with Crippen LogP contribution in [0.5, 0.6) is 0 Å². The molecule has 0 aromatic heterocycles. The summed E-state index contributed by atoms with van der Waals surface area (Å²) in [5.41, 5.74) is 4.84. The lowest BCUT2D eigenvalue weighted by atomic mass is 10.3. The number of amides is 2. The van der Waals surface area contributed by atoms with E-state index in [1.807, 2.05) is 6.26 Å². The van der Waals surface area contributed by atoms with E-state index in [1.165, 1.54) is 0 Å². The molecule has 0 aliphatic heterocycles. The van der Waals surface area contributed by atoms with Gasteiger partial charge in [-0.15, -0.1) is 0 Å². The molecule has 70 valence electrons. The molecule has 0 radical (unpaired) electrons. The third-order valence-electron chi connectivity index (χ3n) is 1.21. The summed E-state index contributed by atoms with van der Waals surface area (Å²) < 4.78 is 0. The molecule has 5 heteroatoms. The van der Waals surface area contributed by atoms with Gasteiger partial charge in [0.1, 0.15) is 0 Å². The predicted molar refractivity (Wildman–Crippen MR) is 49.8 cm³/mol. The van der Waals surface area contributed by atoms with Gasteiger partial charge < -0.3 is 11.1 Å². The normalized spacial score (nSPS) is 9.42. The first-order chi connectivity index (χ1) is 5.66. The van der Waals surface area contributed by atoms with Crippen LogP contribution in [0.25, 0.3) is 0 Å². The van der Waals surface area contributed by atoms with Gasteiger partial charge in [-0.1, -0.05) is 0 Å². The Morgan fingerprint density at radius 2 is 2.17 bits per heavy atom. The zero-order valence-corrected chi connectivity index (χ0v) is 7.95. The molecule has 3 N–H and O–H groups in total. The molecule has 0 saturated heterocycles. The van der Waals surface area contributed by atoms with E-state index in [0.29, 0.717) is 6.42 Å². The lowest BCUT2D eigenvalue weighted by molar-refractivity contribution is -0.124. The second-order valence-electron chi connectivity index (χ2n) is 2.34. The first-order valence-corrected chi connectivity index (χ1v) is 5.10. The number of carbonyl (C=O) groups excluding carboxylic acids is 2. The van der Waals surface area contributed by atoms with Crippen molar-refractivity contribution < 1.29 is 9.59 Å². The fourth-order valence-electron chi connectivity index (χ4n) is 0.651. The van der Waals surface area contributed by atoms with Gasteiger partial charge in [-0.2, -0.15) is 11.8 Å². The van der Waals surface area contributed by atoms with Crippen molar-refractivity contribution in [3.63, 3.8) is 0 Å². The molecule has 4 nitrogen and oxygen atoms in total. The third-order valence-corrected chi connectivity index (χ3v) is 1.91. The smallest absolute Gasteiger partial charge is 0.236 e. The van der Waals surface area contributed by atoms with Crippen molar-refractivity contribution in [2.45, 2.75) is 12.8 Å². The molecule has 0 unspecified atom stereocenters. The summed E-state index contributed by atoms with van der Waals surface area (Å²) in [5, 5.41) is 2.42. The van der Waals surface area contributed by atoms with Gasteiger partial charge >= 0.3 is 0 Å². The van der Waals surface area contributed by atoms with E-state index in [9.17, 15) is 9.59 Å². The number of rotatable bonds is 6. The second-order valence-corrected chi connectivity index (χ2v) is 3.32. The van der Waals surface area contributed by atoms with Crippen molar-refractivity contribution in [2.75, 3.05) is 18.6 Å². The van der Waals surface area contributed by atoms with Crippen LogP contribution >= 0.6 is 11.8 Å². The number of thioether (sulfide) groups is 1. The molecule has 12 heavy (non-hydrogen) atoms. The van der Waals surface area contributed by atoms with Crippen LogP contribution in [-0.2, 0) is 9.59 Å². The topological polar surface area (TPSA) is 72.2 Å². The first-order valence-electron chi connectivity index (χ1n) is 3.70. The molecule has 2 amide bonds. The van der Waals surface area contributed by atoms with Crippen molar-refractivity contribution in [1.82, 2.24) is 5.32 Å². The predicted octanol–water partition coefficient (Wildman–Crippen LogP) is -0.269. The van der Waals surface area contributed by atoms with Crippen molar-refractivity contribution in [3.8, 4) is 0 Å². The Kier molecular flexibility index (Phi) is 6.55. The van der Waals surface area contributed by atoms with Gasteiger partial charge in [0, 0.05) is 6.42 Å². The minimum absolute atomic E-state index is 0.0574. The summed E-state index contributed by atoms with van der Waals surface area (Å²) in [6, 6.07) is 0. The number of nitrogens with two attached hydrogens (primary N) is 1. The Bertz CT molecular complexity index is 161. The van der Waals surface area contributed by atoms with Crippen LogP contribution in [0.15, 0.2) is 0 Å². The highest BCUT2D eigenvalue weighted by Crippen LogP contribution is 1.98. The molecular formula is C7H14N2O2S. The fourth-order valence-corrected chi connectivity index (χ4v) is 1.08. The van der Waals surface area contributed by atoms with Crippen LogP contribution in [0, 0.1) is 0 Å². The Morgan fingerprint density at radius 3 is 2.67 bits per heavy atom. The maximum absolute atomic E-state index is 10.9. The van der Waals surface area contributed by atoms with E-state index in [4.69, 9.17) is 5.73 Å². The third kappa shape index (κ3) is 7.40. The molecule has 0 bridgehead atoms. The Morgan fingerprint density at radius 1 is 1.50 bits per heavy atom. The number of carbonyl (C=O) groups is 2. The average Bonchev–Trinajstić information content (AvgIpc) is 2.01. The highest BCUT2D eigenvalue weighted by atomic mass is 32.2. The SMILES string of the molecule is CSCCCC(=O)NCC(N)=O. The molecular weight excluding hydrogens is 176 g/mol. The molecule has 0 aliphatic carbocycles. The molecule has 0 fully saturated rings. The lowest BCUT2D eigenvalue weighted by Gasteiger charge is -2.00. The van der Waals surface area contributed by atoms with Gasteiger partial charge in [0.05, 0.1) is 6.54 Å². The summed E-state index contributed by atoms with van der Waals surface area (Å²) in [6.07, 6.45) is 3.29. The standard InChI is InChI=1S/C7H14N2O2S/c1-12-4-2-3-7(11)9-5-6(8)10/h2-5H2,1H3,(H2,8,10)(H,9,11). The quantitative estimate of drug-likeness (QED) is 0.566. The van der Waals surface area contributed by atoms with Crippen LogP contribution in [-0.4, -0.2) is 30.4 Å². The number of nitrogens with one attached hydrogen (secondary N) is 1. The van der Waals surface area contributed by atoms with Crippen molar-refractivity contribution in [1.29, 1.82) is 0 Å². The maximum Gasteiger partial charge on any atom is 0.236 e. The van der Waals surface area contributed by atoms with E-state index in [0.717, 1.165) is 12.2 Å². The molecule has 0 rings (SSSR count). The fraction of sp³-hybridized carbons (Fsp3) is 0.714. The zero-order chi connectivity index (χ0) is 9.40. The number of primary amides is 1. The monoisotopic (exact) mass is 190 g/mol. The van der Waals surface area contributed by atoms with Gasteiger partial charge in [-0.25, -0.2) is 0 Å². The molecule has 0 aromatic rings. The first kappa shape index (κ1) is 11.3. The van der Waals surface area contributed by atoms with Crippen LogP contribution < -0.4 is 11.1 Å². The minimum atomic E-state index is -0.506. The molecule has 0 saturated carbocycles. The molecule has 0 aliphatic rings. The molecule has 0 aromatic carbocycles. The lowest BCUT2D eigenvalue weighted by Crippen LogP contribution is -2.33. The Balaban J connectivity index is 3.28. The second kappa shape index (κ2) is 6.97. The largest absolute Gasteiger partial charge is 0.368 e. The van der Waals surface area contributed by atoms with E-state index in [1.54, 1.807) is 11.8 Å². The summed E-state index contributed by atoms with van der Waals surface area (Å²) >= 11 is 1.70. The van der Waals surface area contributed by atoms with Gasteiger partial charge in [-0.05, 0) is 18.4 Å². The van der Waals surface area contributed by atoms with Crippen LogP contribution in [0.4, 0.5) is 0 Å². The van der Waals surface area contributed by atoms with E-state index in [-0.39, 0.29) is 12.5 Å². The van der Waals surface area contributed by atoms with Crippen molar-refractivity contribution in [2.24, 2.45) is 5.73 Å². The van der Waals surface area contributed by atoms with Crippen molar-refractivity contribution >= 4 is 23.6 Å². The molecule has 0 atom stereocenters. The summed E-state index contributed by atoms with van der Waals surface area (Å²) in [6.45, 7) is -0.0574. The highest BCUT2D eigenvalue weighted by Gasteiger charge is 2.01. The van der Waals surface area contributed by atoms with Gasteiger partial charge in [0.25, 0.3) is 0 Å². The van der Waals surface area contributed by atoms with E-state index >= 15 is 0 Å². The Labute approximate surface area is 76.3 Å². The van der Waals surface area contributed by atoms with Gasteiger partial charge in [0.15, 0.2) is 0 Å². The van der Waals surface area contributed by atoms with Crippen LogP contribution in [0.2, 0.25) is 0 Å². The minimum Gasteiger partial charge on any atom is -0.368 e. The zero-order valence-electron chi connectivity index (χ0n) is 7.13. The van der Waals surface area contributed by atoms with Crippen LogP contribution in [0.3, 0.4) is 0 Å². The number of hydrogen-bond acceptors (Lipinski definition) is 3. The van der Waals surface area contributed by atoms with Crippen LogP contribution in [0.1, 0.15) is 12.8 Å². The highest BCUT2D eigenvalue weighted by molar-refractivity contribution is 7.98. The average molecular weight is 190 g/mol. The molecule has 0 spiro atoms. The van der Waals surface area contributed by atoms with Crippen molar-refractivity contribution in [3.05, 3.63) is 0 Å². The van der Waals surface area contributed by atoms with Gasteiger partial charge in [-0.3, -0.25) is 9.59 Å². The molecule has 0 heterocycles. The number of hydrogen-bond donors (Lipinski definition) is 2. The summed E-state index contributed by atoms with van der Waals surface area (Å²) in [7, 11) is 0. The van der Waals surface area contributed by atoms with Gasteiger partial charge in [0.2, 0.25) is 11.8 Å². The van der Waals surface area contributed by atoms with E-state index < -0.39 is 5.91 Å².